The normalized spacial score (nSPS) is 18.5. The summed E-state index contributed by atoms with van der Waals surface area (Å²) in [5, 5.41) is 14.4. The highest BCUT2D eigenvalue weighted by Gasteiger charge is 2.39. The third-order valence-corrected chi connectivity index (χ3v) is 5.97. The van der Waals surface area contributed by atoms with E-state index in [-0.39, 0.29) is 11.0 Å². The number of nitrogens with two attached hydrogens (primary N) is 1. The molecule has 0 unspecified atom stereocenters. The summed E-state index contributed by atoms with van der Waals surface area (Å²) in [6.07, 6.45) is 1.97. The molecule has 21 heavy (non-hydrogen) atoms. The highest BCUT2D eigenvalue weighted by atomic mass is 32.1. The van der Waals surface area contributed by atoms with Gasteiger partial charge in [0.05, 0.1) is 0 Å². The summed E-state index contributed by atoms with van der Waals surface area (Å²) < 4.78 is 7.33. The Kier molecular flexibility index (Phi) is 3.54. The minimum atomic E-state index is -0.352. The van der Waals surface area contributed by atoms with E-state index in [1.165, 1.54) is 0 Å². The molecule has 0 saturated carbocycles. The van der Waals surface area contributed by atoms with Crippen LogP contribution in [0.5, 0.6) is 0 Å². The fraction of sp³-hybridized carbons (Fsp3) is 0.786. The Morgan fingerprint density at radius 2 is 1.86 bits per heavy atom. The van der Waals surface area contributed by atoms with Crippen molar-refractivity contribution < 1.29 is 4.74 Å². The number of aromatic nitrogens is 4. The third kappa shape index (κ3) is 2.47. The largest absolute Gasteiger partial charge is 0.381 e. The number of rotatable bonds is 3. The number of nitrogens with zero attached hydrogens (tertiary/aromatic N) is 4. The van der Waals surface area contributed by atoms with E-state index in [2.05, 4.69) is 24.0 Å². The average Bonchev–Trinajstić information content (AvgIpc) is 2.98. The van der Waals surface area contributed by atoms with Crippen LogP contribution in [0.15, 0.2) is 0 Å². The summed E-state index contributed by atoms with van der Waals surface area (Å²) >= 11 is 1.58. The van der Waals surface area contributed by atoms with Crippen molar-refractivity contribution in [3.8, 4) is 0 Å². The second kappa shape index (κ2) is 5.00. The van der Waals surface area contributed by atoms with Gasteiger partial charge in [-0.05, 0) is 26.7 Å². The highest BCUT2D eigenvalue weighted by molar-refractivity contribution is 7.16. The lowest BCUT2D eigenvalue weighted by atomic mass is 9.76. The zero-order chi connectivity index (χ0) is 15.3. The summed E-state index contributed by atoms with van der Waals surface area (Å²) in [5.74, 6) is 1.35. The molecule has 116 valence electrons. The average molecular weight is 309 g/mol. The van der Waals surface area contributed by atoms with E-state index in [9.17, 15) is 0 Å². The molecule has 3 heterocycles. The first-order valence-electron chi connectivity index (χ1n) is 7.40. The lowest BCUT2D eigenvalue weighted by Crippen LogP contribution is -2.50. The van der Waals surface area contributed by atoms with Crippen LogP contribution in [-0.2, 0) is 10.2 Å². The van der Waals surface area contributed by atoms with Gasteiger partial charge < -0.3 is 10.5 Å². The smallest absolute Gasteiger partial charge is 0.234 e. The van der Waals surface area contributed by atoms with Crippen LogP contribution in [0.3, 0.4) is 0 Å². The molecule has 1 aliphatic heterocycles. The molecule has 0 spiro atoms. The van der Waals surface area contributed by atoms with Crippen LogP contribution >= 0.6 is 11.3 Å². The number of ether oxygens (including phenoxy) is 1. The molecule has 0 amide bonds. The van der Waals surface area contributed by atoms with Crippen molar-refractivity contribution in [2.45, 2.75) is 57.4 Å². The van der Waals surface area contributed by atoms with Crippen molar-refractivity contribution in [3.63, 3.8) is 0 Å². The maximum Gasteiger partial charge on any atom is 0.234 e. The highest BCUT2D eigenvalue weighted by Crippen LogP contribution is 2.36. The van der Waals surface area contributed by atoms with E-state index in [1.807, 2.05) is 18.4 Å². The predicted molar refractivity (Wildman–Crippen MR) is 82.7 cm³/mol. The van der Waals surface area contributed by atoms with Crippen LogP contribution < -0.4 is 5.73 Å². The molecule has 1 saturated heterocycles. The zero-order valence-electron chi connectivity index (χ0n) is 13.1. The van der Waals surface area contributed by atoms with Gasteiger partial charge in [-0.3, -0.25) is 0 Å². The van der Waals surface area contributed by atoms with Crippen molar-refractivity contribution in [2.75, 3.05) is 13.2 Å². The summed E-state index contributed by atoms with van der Waals surface area (Å²) in [6, 6.07) is 0. The minimum Gasteiger partial charge on any atom is -0.381 e. The Morgan fingerprint density at radius 1 is 1.19 bits per heavy atom. The zero-order valence-corrected chi connectivity index (χ0v) is 13.9. The molecule has 2 aromatic rings. The van der Waals surface area contributed by atoms with Crippen LogP contribution in [0, 0.1) is 0 Å². The molecule has 0 aromatic carbocycles. The molecular formula is C14H23N5OS. The molecule has 3 rings (SSSR count). The topological polar surface area (TPSA) is 78.3 Å². The quantitative estimate of drug-likeness (QED) is 0.939. The summed E-state index contributed by atoms with van der Waals surface area (Å²) in [7, 11) is 0. The van der Waals surface area contributed by atoms with Crippen molar-refractivity contribution in [3.05, 3.63) is 10.8 Å². The second-order valence-electron chi connectivity index (χ2n) is 6.89. The molecular weight excluding hydrogens is 286 g/mol. The maximum atomic E-state index is 6.32. The predicted octanol–water partition coefficient (Wildman–Crippen LogP) is 2.09. The van der Waals surface area contributed by atoms with Crippen LogP contribution in [0.1, 0.15) is 57.3 Å². The molecule has 1 aliphatic rings. The van der Waals surface area contributed by atoms with Crippen molar-refractivity contribution in [1.82, 2.24) is 19.8 Å². The lowest BCUT2D eigenvalue weighted by Gasteiger charge is -2.36. The standard InChI is InChI=1S/C14H23N5OS/c1-13(2,14(3,4)15)11-18-19-10(16-17-12(19)21-11)9-5-7-20-8-6-9/h9H,5-8,15H2,1-4H3. The molecule has 7 heteroatoms. The molecule has 0 radical (unpaired) electrons. The number of fused-ring (bicyclic) bond motifs is 1. The molecule has 0 bridgehead atoms. The lowest BCUT2D eigenvalue weighted by molar-refractivity contribution is 0.0831. The van der Waals surface area contributed by atoms with Crippen LogP contribution in [-0.4, -0.2) is 38.6 Å². The van der Waals surface area contributed by atoms with Gasteiger partial charge in [-0.15, -0.1) is 10.2 Å². The van der Waals surface area contributed by atoms with Gasteiger partial charge in [-0.2, -0.15) is 9.61 Å². The van der Waals surface area contributed by atoms with Gasteiger partial charge >= 0.3 is 0 Å². The SMILES string of the molecule is CC(C)(N)C(C)(C)c1nn2c(C3CCOCC3)nnc2s1. The fourth-order valence-electron chi connectivity index (χ4n) is 2.37. The Bertz CT molecular complexity index is 633. The van der Waals surface area contributed by atoms with E-state index in [0.717, 1.165) is 41.8 Å². The third-order valence-electron chi connectivity index (χ3n) is 4.75. The Morgan fingerprint density at radius 3 is 2.48 bits per heavy atom. The van der Waals surface area contributed by atoms with Gasteiger partial charge in [0.1, 0.15) is 5.01 Å². The second-order valence-corrected chi connectivity index (χ2v) is 7.85. The van der Waals surface area contributed by atoms with Gasteiger partial charge in [0.15, 0.2) is 5.82 Å². The molecule has 0 aliphatic carbocycles. The van der Waals surface area contributed by atoms with Crippen molar-refractivity contribution in [1.29, 1.82) is 0 Å². The summed E-state index contributed by atoms with van der Waals surface area (Å²) in [5.41, 5.74) is 5.75. The van der Waals surface area contributed by atoms with E-state index in [1.54, 1.807) is 11.3 Å². The van der Waals surface area contributed by atoms with Crippen LogP contribution in [0.2, 0.25) is 0 Å². The Balaban J connectivity index is 2.00. The van der Waals surface area contributed by atoms with E-state index in [0.29, 0.717) is 5.92 Å². The Hall–Kier alpha value is -1.05. The number of hydrogen-bond donors (Lipinski definition) is 1. The first kappa shape index (κ1) is 14.9. The fourth-order valence-corrected chi connectivity index (χ4v) is 3.49. The Labute approximate surface area is 128 Å². The monoisotopic (exact) mass is 309 g/mol. The van der Waals surface area contributed by atoms with Gasteiger partial charge in [-0.1, -0.05) is 25.2 Å². The van der Waals surface area contributed by atoms with Gasteiger partial charge in [0, 0.05) is 30.1 Å². The van der Waals surface area contributed by atoms with Crippen LogP contribution in [0.25, 0.3) is 4.96 Å². The molecule has 0 atom stereocenters. The van der Waals surface area contributed by atoms with Gasteiger partial charge in [-0.25, -0.2) is 0 Å². The molecule has 2 N–H and O–H groups in total. The first-order valence-corrected chi connectivity index (χ1v) is 8.21. The van der Waals surface area contributed by atoms with E-state index < -0.39 is 0 Å². The van der Waals surface area contributed by atoms with E-state index >= 15 is 0 Å². The summed E-state index contributed by atoms with van der Waals surface area (Å²) in [6.45, 7) is 9.92. The van der Waals surface area contributed by atoms with Crippen molar-refractivity contribution >= 4 is 16.3 Å². The van der Waals surface area contributed by atoms with Crippen LogP contribution in [0.4, 0.5) is 0 Å². The van der Waals surface area contributed by atoms with E-state index in [4.69, 9.17) is 15.6 Å². The van der Waals surface area contributed by atoms with Gasteiger partial charge in [0.25, 0.3) is 0 Å². The molecule has 1 fully saturated rings. The number of hydrogen-bond acceptors (Lipinski definition) is 6. The summed E-state index contributed by atoms with van der Waals surface area (Å²) in [4.78, 5) is 0.851. The van der Waals surface area contributed by atoms with Crippen molar-refractivity contribution in [2.24, 2.45) is 5.73 Å². The molecule has 6 nitrogen and oxygen atoms in total. The minimum absolute atomic E-state index is 0.217. The maximum absolute atomic E-state index is 6.32. The van der Waals surface area contributed by atoms with Gasteiger partial charge in [0.2, 0.25) is 4.96 Å². The molecule has 2 aromatic heterocycles. The first-order chi connectivity index (χ1) is 9.80.